The fourth-order valence-corrected chi connectivity index (χ4v) is 1.37. The van der Waals surface area contributed by atoms with E-state index in [4.69, 9.17) is 16.7 Å². The molecule has 1 rings (SSSR count). The van der Waals surface area contributed by atoms with Crippen molar-refractivity contribution < 1.29 is 5.11 Å². The second kappa shape index (κ2) is 3.40. The third kappa shape index (κ3) is 2.12. The third-order valence-corrected chi connectivity index (χ3v) is 1.82. The Morgan fingerprint density at radius 2 is 2.44 bits per heavy atom. The largest absolute Gasteiger partial charge is 0.392 e. The van der Waals surface area contributed by atoms with E-state index in [1.807, 2.05) is 0 Å². The van der Waals surface area contributed by atoms with Gasteiger partial charge >= 0.3 is 0 Å². The first-order chi connectivity index (χ1) is 4.33. The van der Waals surface area contributed by atoms with Gasteiger partial charge in [-0.1, -0.05) is 0 Å². The molecule has 0 unspecified atom stereocenters. The number of hydrogen-bond donors (Lipinski definition) is 1. The minimum Gasteiger partial charge on any atom is -0.392 e. The first-order valence-electron chi connectivity index (χ1n) is 3.29. The molecule has 1 aliphatic heterocycles. The number of hydrogen-bond acceptors (Lipinski definition) is 2. The predicted octanol–water partition coefficient (Wildman–Crippen LogP) is 0.292. The standard InChI is InChI=1S/C6H12ClNO/c7-2-4-8-3-1-6(9)5-8/h6,9H,1-5H2/t6-/m0/s1. The van der Waals surface area contributed by atoms with E-state index in [0.29, 0.717) is 5.88 Å². The van der Waals surface area contributed by atoms with Gasteiger partial charge in [-0.3, -0.25) is 4.90 Å². The summed E-state index contributed by atoms with van der Waals surface area (Å²) >= 11 is 5.51. The lowest BCUT2D eigenvalue weighted by Crippen LogP contribution is -2.23. The van der Waals surface area contributed by atoms with Gasteiger partial charge in [-0.2, -0.15) is 0 Å². The first kappa shape index (κ1) is 7.32. The quantitative estimate of drug-likeness (QED) is 0.571. The van der Waals surface area contributed by atoms with Crippen LogP contribution in [-0.2, 0) is 0 Å². The minimum absolute atomic E-state index is 0.104. The zero-order valence-corrected chi connectivity index (χ0v) is 6.14. The van der Waals surface area contributed by atoms with Crippen LogP contribution in [0.25, 0.3) is 0 Å². The van der Waals surface area contributed by atoms with E-state index in [-0.39, 0.29) is 6.10 Å². The number of nitrogens with zero attached hydrogens (tertiary/aromatic N) is 1. The van der Waals surface area contributed by atoms with Crippen molar-refractivity contribution in [1.82, 2.24) is 4.90 Å². The van der Waals surface area contributed by atoms with Crippen molar-refractivity contribution in [2.45, 2.75) is 12.5 Å². The number of alkyl halides is 1. The van der Waals surface area contributed by atoms with Crippen LogP contribution in [0.3, 0.4) is 0 Å². The molecule has 0 bridgehead atoms. The molecular formula is C6H12ClNO. The van der Waals surface area contributed by atoms with Gasteiger partial charge in [0.25, 0.3) is 0 Å². The topological polar surface area (TPSA) is 23.5 Å². The number of aliphatic hydroxyl groups is 1. The average Bonchev–Trinajstić information content (AvgIpc) is 2.17. The molecule has 0 aliphatic carbocycles. The summed E-state index contributed by atoms with van der Waals surface area (Å²) < 4.78 is 0. The van der Waals surface area contributed by atoms with Gasteiger partial charge < -0.3 is 5.11 Å². The van der Waals surface area contributed by atoms with Crippen molar-refractivity contribution in [3.8, 4) is 0 Å². The highest BCUT2D eigenvalue weighted by Gasteiger charge is 2.18. The molecule has 3 heteroatoms. The van der Waals surface area contributed by atoms with Crippen LogP contribution in [0.2, 0.25) is 0 Å². The van der Waals surface area contributed by atoms with Crippen molar-refractivity contribution in [2.75, 3.05) is 25.5 Å². The summed E-state index contributed by atoms with van der Waals surface area (Å²) in [6.07, 6.45) is 0.810. The molecular weight excluding hydrogens is 138 g/mol. The van der Waals surface area contributed by atoms with Gasteiger partial charge in [-0.25, -0.2) is 0 Å². The zero-order valence-electron chi connectivity index (χ0n) is 5.39. The highest BCUT2D eigenvalue weighted by atomic mass is 35.5. The van der Waals surface area contributed by atoms with E-state index in [2.05, 4.69) is 4.90 Å². The summed E-state index contributed by atoms with van der Waals surface area (Å²) in [6, 6.07) is 0. The van der Waals surface area contributed by atoms with Crippen LogP contribution >= 0.6 is 11.6 Å². The van der Waals surface area contributed by atoms with Crippen molar-refractivity contribution in [3.05, 3.63) is 0 Å². The van der Waals surface area contributed by atoms with Crippen LogP contribution in [0.4, 0.5) is 0 Å². The molecule has 0 aromatic rings. The lowest BCUT2D eigenvalue weighted by Gasteiger charge is -2.11. The second-order valence-electron chi connectivity index (χ2n) is 2.43. The Balaban J connectivity index is 2.14. The van der Waals surface area contributed by atoms with Crippen LogP contribution < -0.4 is 0 Å². The fraction of sp³-hybridized carbons (Fsp3) is 1.00. The van der Waals surface area contributed by atoms with E-state index in [1.54, 1.807) is 0 Å². The Morgan fingerprint density at radius 3 is 2.89 bits per heavy atom. The molecule has 1 heterocycles. The maximum atomic E-state index is 9.04. The van der Waals surface area contributed by atoms with E-state index in [9.17, 15) is 0 Å². The molecule has 0 spiro atoms. The first-order valence-corrected chi connectivity index (χ1v) is 3.83. The fourth-order valence-electron chi connectivity index (χ4n) is 1.13. The van der Waals surface area contributed by atoms with Crippen molar-refractivity contribution in [3.63, 3.8) is 0 Å². The Hall–Kier alpha value is 0.210. The summed E-state index contributed by atoms with van der Waals surface area (Å²) in [5.74, 6) is 0.673. The summed E-state index contributed by atoms with van der Waals surface area (Å²) in [5.41, 5.74) is 0. The maximum Gasteiger partial charge on any atom is 0.0679 e. The smallest absolute Gasteiger partial charge is 0.0679 e. The summed E-state index contributed by atoms with van der Waals surface area (Å²) in [5, 5.41) is 9.04. The van der Waals surface area contributed by atoms with Crippen LogP contribution in [0.5, 0.6) is 0 Å². The van der Waals surface area contributed by atoms with E-state index in [0.717, 1.165) is 26.1 Å². The van der Waals surface area contributed by atoms with E-state index >= 15 is 0 Å². The third-order valence-electron chi connectivity index (χ3n) is 1.65. The number of β-amino-alcohol motifs (C(OH)–C–C–N with tert-alkyl or cyclic N) is 1. The average molecular weight is 150 g/mol. The molecule has 9 heavy (non-hydrogen) atoms. The molecule has 0 aromatic carbocycles. The SMILES string of the molecule is O[C@H]1CCN(CCCl)C1. The van der Waals surface area contributed by atoms with Crippen molar-refractivity contribution >= 4 is 11.6 Å². The number of rotatable bonds is 2. The maximum absolute atomic E-state index is 9.04. The molecule has 0 radical (unpaired) electrons. The Bertz CT molecular complexity index is 87.1. The Labute approximate surface area is 60.4 Å². The zero-order chi connectivity index (χ0) is 6.69. The number of halogens is 1. The van der Waals surface area contributed by atoms with Crippen LogP contribution in [-0.4, -0.2) is 41.6 Å². The molecule has 2 nitrogen and oxygen atoms in total. The molecule has 1 atom stereocenters. The molecule has 1 fully saturated rings. The van der Waals surface area contributed by atoms with Crippen LogP contribution in [0, 0.1) is 0 Å². The van der Waals surface area contributed by atoms with E-state index in [1.165, 1.54) is 0 Å². The molecule has 1 N–H and O–H groups in total. The minimum atomic E-state index is -0.104. The molecule has 0 amide bonds. The number of likely N-dealkylation sites (tertiary alicyclic amines) is 1. The normalized spacial score (nSPS) is 29.3. The summed E-state index contributed by atoms with van der Waals surface area (Å²) in [7, 11) is 0. The Morgan fingerprint density at radius 1 is 1.67 bits per heavy atom. The van der Waals surface area contributed by atoms with Gasteiger partial charge in [0.2, 0.25) is 0 Å². The van der Waals surface area contributed by atoms with Gasteiger partial charge in [0.05, 0.1) is 6.10 Å². The van der Waals surface area contributed by atoms with Gasteiger partial charge in [-0.15, -0.1) is 11.6 Å². The highest BCUT2D eigenvalue weighted by molar-refractivity contribution is 6.18. The highest BCUT2D eigenvalue weighted by Crippen LogP contribution is 2.07. The van der Waals surface area contributed by atoms with Gasteiger partial charge in [0.1, 0.15) is 0 Å². The molecule has 0 saturated carbocycles. The summed E-state index contributed by atoms with van der Waals surface area (Å²) in [4.78, 5) is 2.18. The second-order valence-corrected chi connectivity index (χ2v) is 2.81. The lowest BCUT2D eigenvalue weighted by molar-refractivity contribution is 0.178. The van der Waals surface area contributed by atoms with Crippen LogP contribution in [0.1, 0.15) is 6.42 Å². The van der Waals surface area contributed by atoms with Crippen LogP contribution in [0.15, 0.2) is 0 Å². The Kier molecular flexibility index (Phi) is 2.76. The monoisotopic (exact) mass is 149 g/mol. The van der Waals surface area contributed by atoms with Gasteiger partial charge in [0, 0.05) is 25.5 Å². The molecule has 0 aromatic heterocycles. The summed E-state index contributed by atoms with van der Waals surface area (Å²) in [6.45, 7) is 2.74. The van der Waals surface area contributed by atoms with E-state index < -0.39 is 0 Å². The molecule has 1 saturated heterocycles. The van der Waals surface area contributed by atoms with Gasteiger partial charge in [0.15, 0.2) is 0 Å². The van der Waals surface area contributed by atoms with Gasteiger partial charge in [-0.05, 0) is 6.42 Å². The molecule has 54 valence electrons. The van der Waals surface area contributed by atoms with Crippen molar-refractivity contribution in [2.24, 2.45) is 0 Å². The molecule has 1 aliphatic rings. The van der Waals surface area contributed by atoms with Crippen molar-refractivity contribution in [1.29, 1.82) is 0 Å². The lowest BCUT2D eigenvalue weighted by atomic mass is 10.3. The predicted molar refractivity (Wildman–Crippen MR) is 37.8 cm³/mol. The number of aliphatic hydroxyl groups excluding tert-OH is 1.